The molecule has 0 saturated carbocycles. The van der Waals surface area contributed by atoms with Gasteiger partial charge in [0, 0.05) is 38.1 Å². The van der Waals surface area contributed by atoms with Crippen molar-refractivity contribution < 1.29 is 4.79 Å². The molecule has 1 aromatic carbocycles. The molecule has 1 amide bonds. The summed E-state index contributed by atoms with van der Waals surface area (Å²) in [5, 5.41) is 2.80. The Kier molecular flexibility index (Phi) is 5.38. The first-order valence-electron chi connectivity index (χ1n) is 8.15. The van der Waals surface area contributed by atoms with Crippen molar-refractivity contribution in [3.05, 3.63) is 88.2 Å². The molecule has 0 atom stereocenters. The van der Waals surface area contributed by atoms with Crippen molar-refractivity contribution in [2.75, 3.05) is 11.9 Å². The van der Waals surface area contributed by atoms with E-state index in [2.05, 4.69) is 32.4 Å². The number of carbonyl (C=O) groups excluding carboxylic acids is 1. The highest BCUT2D eigenvalue weighted by Gasteiger charge is 2.12. The molecule has 2 N–H and O–H groups in total. The molecule has 26 heavy (non-hydrogen) atoms. The van der Waals surface area contributed by atoms with Crippen LogP contribution >= 0.6 is 0 Å². The zero-order chi connectivity index (χ0) is 18.4. The predicted octanol–water partition coefficient (Wildman–Crippen LogP) is 1.73. The first-order chi connectivity index (χ1) is 12.6. The molecule has 3 aromatic rings. The van der Waals surface area contributed by atoms with Crippen LogP contribution in [-0.2, 0) is 13.1 Å². The van der Waals surface area contributed by atoms with Crippen LogP contribution in [0.5, 0.6) is 0 Å². The fourth-order valence-electron chi connectivity index (χ4n) is 2.58. The van der Waals surface area contributed by atoms with Crippen LogP contribution < -0.4 is 15.8 Å². The Morgan fingerprint density at radius 1 is 1.15 bits per heavy atom. The van der Waals surface area contributed by atoms with Crippen LogP contribution in [0.25, 0.3) is 0 Å². The van der Waals surface area contributed by atoms with Gasteiger partial charge in [0.1, 0.15) is 11.5 Å². The van der Waals surface area contributed by atoms with Crippen LogP contribution in [0.2, 0.25) is 0 Å². The summed E-state index contributed by atoms with van der Waals surface area (Å²) in [5.74, 6) is 0.438. The van der Waals surface area contributed by atoms with Gasteiger partial charge in [-0.3, -0.25) is 9.59 Å². The lowest BCUT2D eigenvalue weighted by Crippen LogP contribution is -2.27. The van der Waals surface area contributed by atoms with Crippen LogP contribution in [0.1, 0.15) is 21.6 Å². The molecule has 0 radical (unpaired) electrons. The van der Waals surface area contributed by atoms with Gasteiger partial charge in [-0.1, -0.05) is 36.4 Å². The minimum absolute atomic E-state index is 0.160. The van der Waals surface area contributed by atoms with E-state index in [9.17, 15) is 9.59 Å². The number of benzene rings is 1. The quantitative estimate of drug-likeness (QED) is 0.707. The van der Waals surface area contributed by atoms with E-state index >= 15 is 0 Å². The number of amides is 1. The zero-order valence-electron chi connectivity index (χ0n) is 14.3. The highest BCUT2D eigenvalue weighted by Crippen LogP contribution is 2.18. The molecule has 0 spiro atoms. The van der Waals surface area contributed by atoms with E-state index in [-0.39, 0.29) is 17.2 Å². The Morgan fingerprint density at radius 2 is 1.96 bits per heavy atom. The Hall–Kier alpha value is -3.48. The lowest BCUT2D eigenvalue weighted by molar-refractivity contribution is 0.0945. The van der Waals surface area contributed by atoms with Crippen molar-refractivity contribution >= 4 is 11.7 Å². The van der Waals surface area contributed by atoms with Crippen molar-refractivity contribution in [1.82, 2.24) is 20.3 Å². The Balaban J connectivity index is 1.69. The molecule has 0 bridgehead atoms. The monoisotopic (exact) mass is 349 g/mol. The Morgan fingerprint density at radius 3 is 2.69 bits per heavy atom. The summed E-state index contributed by atoms with van der Waals surface area (Å²) in [6, 6.07) is 13.9. The Bertz CT molecular complexity index is 919. The van der Waals surface area contributed by atoms with E-state index in [1.165, 1.54) is 11.8 Å². The number of H-pyrrole nitrogens is 1. The van der Waals surface area contributed by atoms with Gasteiger partial charge in [0.15, 0.2) is 0 Å². The van der Waals surface area contributed by atoms with Gasteiger partial charge in [0.2, 0.25) is 0 Å². The van der Waals surface area contributed by atoms with E-state index in [4.69, 9.17) is 0 Å². The van der Waals surface area contributed by atoms with E-state index in [1.54, 1.807) is 6.20 Å². The third-order valence-corrected chi connectivity index (χ3v) is 3.84. The molecular formula is C19H19N5O2. The molecule has 0 saturated heterocycles. The highest BCUT2D eigenvalue weighted by molar-refractivity contribution is 5.91. The predicted molar refractivity (Wildman–Crippen MR) is 98.8 cm³/mol. The van der Waals surface area contributed by atoms with Crippen molar-refractivity contribution in [2.45, 2.75) is 13.1 Å². The number of nitrogens with zero attached hydrogens (tertiary/aromatic N) is 3. The SMILES string of the molecule is CN(Cc1ccccc1)c1ncccc1CNC(=O)c1c[nH]c(=O)cn1. The van der Waals surface area contributed by atoms with Crippen molar-refractivity contribution in [1.29, 1.82) is 0 Å². The highest BCUT2D eigenvalue weighted by atomic mass is 16.2. The lowest BCUT2D eigenvalue weighted by atomic mass is 10.2. The first-order valence-corrected chi connectivity index (χ1v) is 8.15. The number of anilines is 1. The summed E-state index contributed by atoms with van der Waals surface area (Å²) in [6.07, 6.45) is 4.10. The van der Waals surface area contributed by atoms with Crippen LogP contribution in [0.3, 0.4) is 0 Å². The van der Waals surface area contributed by atoms with Gasteiger partial charge >= 0.3 is 0 Å². The minimum Gasteiger partial charge on any atom is -0.355 e. The van der Waals surface area contributed by atoms with Gasteiger partial charge < -0.3 is 15.2 Å². The lowest BCUT2D eigenvalue weighted by Gasteiger charge is -2.21. The molecule has 0 fully saturated rings. The summed E-state index contributed by atoms with van der Waals surface area (Å²) in [6.45, 7) is 1.02. The minimum atomic E-state index is -0.359. The number of hydrogen-bond acceptors (Lipinski definition) is 5. The molecule has 2 aromatic heterocycles. The topological polar surface area (TPSA) is 91.0 Å². The van der Waals surface area contributed by atoms with Gasteiger partial charge in [-0.25, -0.2) is 9.97 Å². The molecule has 0 aliphatic carbocycles. The average molecular weight is 349 g/mol. The molecular weight excluding hydrogens is 330 g/mol. The Labute approximate surface area is 150 Å². The van der Waals surface area contributed by atoms with Crippen LogP contribution in [0, 0.1) is 0 Å². The van der Waals surface area contributed by atoms with Crippen LogP contribution in [0.4, 0.5) is 5.82 Å². The van der Waals surface area contributed by atoms with E-state index in [0.717, 1.165) is 17.6 Å². The maximum absolute atomic E-state index is 12.2. The van der Waals surface area contributed by atoms with E-state index in [0.29, 0.717) is 13.1 Å². The number of nitrogens with one attached hydrogen (secondary N) is 2. The molecule has 2 heterocycles. The third kappa shape index (κ3) is 4.32. The number of pyridine rings is 1. The zero-order valence-corrected chi connectivity index (χ0v) is 14.3. The normalized spacial score (nSPS) is 10.3. The van der Waals surface area contributed by atoms with Crippen molar-refractivity contribution in [3.63, 3.8) is 0 Å². The molecule has 0 aliphatic rings. The summed E-state index contributed by atoms with van der Waals surface area (Å²) in [7, 11) is 1.96. The smallest absolute Gasteiger partial charge is 0.271 e. The van der Waals surface area contributed by atoms with Gasteiger partial charge in [-0.05, 0) is 11.6 Å². The van der Waals surface area contributed by atoms with Gasteiger partial charge in [-0.15, -0.1) is 0 Å². The third-order valence-electron chi connectivity index (χ3n) is 3.84. The van der Waals surface area contributed by atoms with Crippen LogP contribution in [-0.4, -0.2) is 27.9 Å². The number of aromatic nitrogens is 3. The number of carbonyl (C=O) groups is 1. The molecule has 0 unspecified atom stereocenters. The van der Waals surface area contributed by atoms with Crippen LogP contribution in [0.15, 0.2) is 65.8 Å². The molecule has 7 nitrogen and oxygen atoms in total. The molecule has 3 rings (SSSR count). The second-order valence-corrected chi connectivity index (χ2v) is 5.81. The maximum atomic E-state index is 12.2. The molecule has 0 aliphatic heterocycles. The van der Waals surface area contributed by atoms with E-state index in [1.807, 2.05) is 42.3 Å². The average Bonchev–Trinajstić information content (AvgIpc) is 2.67. The first kappa shape index (κ1) is 17.3. The van der Waals surface area contributed by atoms with Gasteiger partial charge in [-0.2, -0.15) is 0 Å². The summed E-state index contributed by atoms with van der Waals surface area (Å²) < 4.78 is 0. The van der Waals surface area contributed by atoms with Gasteiger partial charge in [0.25, 0.3) is 11.5 Å². The summed E-state index contributed by atoms with van der Waals surface area (Å²) in [5.41, 5.74) is 1.88. The standard InChI is InChI=1S/C19H19N5O2/c1-24(13-14-6-3-2-4-7-14)18-15(8-5-9-20-18)10-23-19(26)16-11-22-17(25)12-21-16/h2-9,11-12H,10,13H2,1H3,(H,22,25)(H,23,26). The van der Waals surface area contributed by atoms with Gasteiger partial charge in [0.05, 0.1) is 6.20 Å². The maximum Gasteiger partial charge on any atom is 0.271 e. The number of rotatable bonds is 6. The summed E-state index contributed by atoms with van der Waals surface area (Å²) in [4.78, 5) is 35.9. The molecule has 132 valence electrons. The number of hydrogen-bond donors (Lipinski definition) is 2. The van der Waals surface area contributed by atoms with Crippen molar-refractivity contribution in [2.24, 2.45) is 0 Å². The second-order valence-electron chi connectivity index (χ2n) is 5.81. The fourth-order valence-corrected chi connectivity index (χ4v) is 2.58. The summed E-state index contributed by atoms with van der Waals surface area (Å²) >= 11 is 0. The van der Waals surface area contributed by atoms with Crippen molar-refractivity contribution in [3.8, 4) is 0 Å². The second kappa shape index (κ2) is 8.06. The number of aromatic amines is 1. The molecule has 7 heteroatoms. The largest absolute Gasteiger partial charge is 0.355 e. The fraction of sp³-hybridized carbons (Fsp3) is 0.158. The van der Waals surface area contributed by atoms with E-state index < -0.39 is 0 Å².